The molecule has 1 heterocycles. The van der Waals surface area contributed by atoms with E-state index >= 15 is 0 Å². The Morgan fingerprint density at radius 1 is 1.50 bits per heavy atom. The first-order chi connectivity index (χ1) is 10.4. The zero-order valence-electron chi connectivity index (χ0n) is 11.3. The second-order valence-corrected chi connectivity index (χ2v) is 5.06. The van der Waals surface area contributed by atoms with Gasteiger partial charge >= 0.3 is 5.97 Å². The number of carbonyl (C=O) groups is 2. The number of benzene rings is 1. The first kappa shape index (κ1) is 15.9. The SMILES string of the molecule is COC(=O)c1nnn(CC(=O)Nc2ccc(Br)cc2F)c1N. The molecule has 2 aromatic rings. The number of nitrogen functional groups attached to an aromatic ring is 1. The normalized spacial score (nSPS) is 10.3. The van der Waals surface area contributed by atoms with Crippen molar-refractivity contribution in [3.05, 3.63) is 34.2 Å². The van der Waals surface area contributed by atoms with Crippen LogP contribution in [0.5, 0.6) is 0 Å². The summed E-state index contributed by atoms with van der Waals surface area (Å²) in [4.78, 5) is 23.2. The number of nitrogens with zero attached hydrogens (tertiary/aromatic N) is 3. The zero-order chi connectivity index (χ0) is 16.3. The highest BCUT2D eigenvalue weighted by Crippen LogP contribution is 2.19. The second-order valence-electron chi connectivity index (χ2n) is 4.14. The van der Waals surface area contributed by atoms with Crippen LogP contribution in [0.3, 0.4) is 0 Å². The Kier molecular flexibility index (Phi) is 4.71. The number of esters is 1. The number of ether oxygens (including phenoxy) is 1. The summed E-state index contributed by atoms with van der Waals surface area (Å²) in [5.41, 5.74) is 5.47. The topological polar surface area (TPSA) is 112 Å². The van der Waals surface area contributed by atoms with Crippen LogP contribution in [0.25, 0.3) is 0 Å². The van der Waals surface area contributed by atoms with E-state index in [1.807, 2.05) is 0 Å². The van der Waals surface area contributed by atoms with Crippen molar-refractivity contribution in [2.24, 2.45) is 0 Å². The molecular formula is C12H11BrFN5O3. The molecule has 22 heavy (non-hydrogen) atoms. The van der Waals surface area contributed by atoms with Crippen LogP contribution < -0.4 is 11.1 Å². The average molecular weight is 372 g/mol. The third-order valence-electron chi connectivity index (χ3n) is 2.65. The summed E-state index contributed by atoms with van der Waals surface area (Å²) in [6.45, 7) is -0.328. The van der Waals surface area contributed by atoms with Gasteiger partial charge in [-0.05, 0) is 18.2 Å². The number of anilines is 2. The monoisotopic (exact) mass is 371 g/mol. The summed E-state index contributed by atoms with van der Waals surface area (Å²) in [5, 5.41) is 9.48. The van der Waals surface area contributed by atoms with E-state index in [9.17, 15) is 14.0 Å². The van der Waals surface area contributed by atoms with Crippen molar-refractivity contribution >= 4 is 39.3 Å². The van der Waals surface area contributed by atoms with E-state index in [1.54, 1.807) is 6.07 Å². The molecule has 3 N–H and O–H groups in total. The van der Waals surface area contributed by atoms with Gasteiger partial charge in [-0.3, -0.25) is 4.79 Å². The van der Waals surface area contributed by atoms with E-state index in [-0.39, 0.29) is 23.7 Å². The van der Waals surface area contributed by atoms with E-state index in [1.165, 1.54) is 19.2 Å². The van der Waals surface area contributed by atoms with Gasteiger partial charge in [0, 0.05) is 4.47 Å². The lowest BCUT2D eigenvalue weighted by Gasteiger charge is -2.07. The number of nitrogens with one attached hydrogen (secondary N) is 1. The number of hydrogen-bond acceptors (Lipinski definition) is 6. The van der Waals surface area contributed by atoms with Gasteiger partial charge in [0.05, 0.1) is 12.8 Å². The lowest BCUT2D eigenvalue weighted by molar-refractivity contribution is -0.116. The summed E-state index contributed by atoms with van der Waals surface area (Å²) in [6.07, 6.45) is 0. The van der Waals surface area contributed by atoms with Gasteiger partial charge in [-0.25, -0.2) is 13.9 Å². The van der Waals surface area contributed by atoms with Gasteiger partial charge in [0.2, 0.25) is 11.6 Å². The predicted molar refractivity (Wildman–Crippen MR) is 78.5 cm³/mol. The average Bonchev–Trinajstić information content (AvgIpc) is 2.82. The van der Waals surface area contributed by atoms with Crippen molar-refractivity contribution in [3.8, 4) is 0 Å². The Morgan fingerprint density at radius 3 is 2.86 bits per heavy atom. The van der Waals surface area contributed by atoms with Crippen LogP contribution in [0.4, 0.5) is 15.9 Å². The smallest absolute Gasteiger partial charge is 0.362 e. The summed E-state index contributed by atoms with van der Waals surface area (Å²) in [5.74, 6) is -2.04. The minimum absolute atomic E-state index is 0.0140. The largest absolute Gasteiger partial charge is 0.464 e. The molecule has 0 aliphatic carbocycles. The van der Waals surface area contributed by atoms with Gasteiger partial charge < -0.3 is 15.8 Å². The second kappa shape index (κ2) is 6.52. The Labute approximate surface area is 132 Å². The standard InChI is InChI=1S/C12H11BrFN5O3/c1-22-12(21)10-11(15)19(18-17-10)5-9(20)16-8-3-2-6(13)4-7(8)14/h2-4H,5,15H2,1H3,(H,16,20). The highest BCUT2D eigenvalue weighted by molar-refractivity contribution is 9.10. The Bertz CT molecular complexity index is 734. The highest BCUT2D eigenvalue weighted by atomic mass is 79.9. The lowest BCUT2D eigenvalue weighted by atomic mass is 10.3. The minimum atomic E-state index is -0.761. The quantitative estimate of drug-likeness (QED) is 0.780. The molecule has 10 heteroatoms. The summed E-state index contributed by atoms with van der Waals surface area (Å²) in [6, 6.07) is 4.20. The zero-order valence-corrected chi connectivity index (χ0v) is 12.9. The summed E-state index contributed by atoms with van der Waals surface area (Å²) >= 11 is 3.11. The maximum absolute atomic E-state index is 13.6. The van der Waals surface area contributed by atoms with Crippen LogP contribution in [-0.2, 0) is 16.1 Å². The molecule has 0 saturated carbocycles. The Morgan fingerprint density at radius 2 is 2.23 bits per heavy atom. The number of aromatic nitrogens is 3. The molecular weight excluding hydrogens is 361 g/mol. The fourth-order valence-corrected chi connectivity index (χ4v) is 1.93. The molecule has 0 spiro atoms. The maximum Gasteiger partial charge on any atom is 0.362 e. The number of nitrogens with two attached hydrogens (primary N) is 1. The molecule has 8 nitrogen and oxygen atoms in total. The Balaban J connectivity index is 2.09. The lowest BCUT2D eigenvalue weighted by Crippen LogP contribution is -2.21. The van der Waals surface area contributed by atoms with Crippen LogP contribution in [0, 0.1) is 5.82 Å². The third kappa shape index (κ3) is 3.39. The first-order valence-electron chi connectivity index (χ1n) is 5.94. The fourth-order valence-electron chi connectivity index (χ4n) is 1.60. The molecule has 0 radical (unpaired) electrons. The molecule has 1 aromatic heterocycles. The number of hydrogen-bond donors (Lipinski definition) is 2. The minimum Gasteiger partial charge on any atom is -0.464 e. The third-order valence-corrected chi connectivity index (χ3v) is 3.14. The summed E-state index contributed by atoms with van der Waals surface area (Å²) in [7, 11) is 1.17. The molecule has 0 unspecified atom stereocenters. The summed E-state index contributed by atoms with van der Waals surface area (Å²) < 4.78 is 19.6. The van der Waals surface area contributed by atoms with E-state index in [2.05, 4.69) is 36.3 Å². The number of amides is 1. The number of rotatable bonds is 4. The van der Waals surface area contributed by atoms with Crippen molar-refractivity contribution in [3.63, 3.8) is 0 Å². The molecule has 0 fully saturated rings. The van der Waals surface area contributed by atoms with Crippen molar-refractivity contribution in [2.75, 3.05) is 18.2 Å². The van der Waals surface area contributed by atoms with Crippen molar-refractivity contribution < 1.29 is 18.7 Å². The number of carbonyl (C=O) groups excluding carboxylic acids is 2. The molecule has 0 bridgehead atoms. The van der Waals surface area contributed by atoms with Crippen molar-refractivity contribution in [1.29, 1.82) is 0 Å². The van der Waals surface area contributed by atoms with Gasteiger partial charge in [0.1, 0.15) is 12.4 Å². The molecule has 0 aliphatic heterocycles. The maximum atomic E-state index is 13.6. The number of methoxy groups -OCH3 is 1. The van der Waals surface area contributed by atoms with Crippen LogP contribution in [0.15, 0.2) is 22.7 Å². The van der Waals surface area contributed by atoms with E-state index < -0.39 is 17.7 Å². The van der Waals surface area contributed by atoms with Gasteiger partial charge in [0.25, 0.3) is 0 Å². The first-order valence-corrected chi connectivity index (χ1v) is 6.74. The Hall–Kier alpha value is -2.49. The molecule has 116 valence electrons. The molecule has 0 saturated heterocycles. The van der Waals surface area contributed by atoms with E-state index in [0.29, 0.717) is 4.47 Å². The molecule has 1 aromatic carbocycles. The molecule has 2 rings (SSSR count). The van der Waals surface area contributed by atoms with Gasteiger partial charge in [-0.2, -0.15) is 0 Å². The van der Waals surface area contributed by atoms with Crippen LogP contribution in [0.1, 0.15) is 10.5 Å². The molecule has 0 atom stereocenters. The predicted octanol–water partition coefficient (Wildman–Crippen LogP) is 1.19. The van der Waals surface area contributed by atoms with Gasteiger partial charge in [-0.1, -0.05) is 21.1 Å². The fraction of sp³-hybridized carbons (Fsp3) is 0.167. The van der Waals surface area contributed by atoms with E-state index in [4.69, 9.17) is 5.73 Å². The van der Waals surface area contributed by atoms with Crippen molar-refractivity contribution in [1.82, 2.24) is 15.0 Å². The number of halogens is 2. The molecule has 0 aliphatic rings. The van der Waals surface area contributed by atoms with E-state index in [0.717, 1.165) is 4.68 Å². The van der Waals surface area contributed by atoms with Crippen LogP contribution in [-0.4, -0.2) is 34.0 Å². The highest BCUT2D eigenvalue weighted by Gasteiger charge is 2.19. The van der Waals surface area contributed by atoms with Crippen LogP contribution >= 0.6 is 15.9 Å². The van der Waals surface area contributed by atoms with Gasteiger partial charge in [-0.15, -0.1) is 5.10 Å². The van der Waals surface area contributed by atoms with Crippen molar-refractivity contribution in [2.45, 2.75) is 6.54 Å². The van der Waals surface area contributed by atoms with Gasteiger partial charge in [0.15, 0.2) is 5.82 Å². The van der Waals surface area contributed by atoms with Crippen LogP contribution in [0.2, 0.25) is 0 Å². The molecule has 1 amide bonds.